The number of rotatable bonds is 3. The first-order chi connectivity index (χ1) is 8.29. The van der Waals surface area contributed by atoms with Crippen molar-refractivity contribution in [1.29, 1.82) is 0 Å². The van der Waals surface area contributed by atoms with Crippen molar-refractivity contribution >= 4 is 17.3 Å². The monoisotopic (exact) mass is 245 g/mol. The van der Waals surface area contributed by atoms with E-state index in [1.54, 1.807) is 0 Å². The van der Waals surface area contributed by atoms with Crippen molar-refractivity contribution in [3.63, 3.8) is 0 Å². The highest BCUT2D eigenvalue weighted by Crippen LogP contribution is 2.12. The summed E-state index contributed by atoms with van der Waals surface area (Å²) in [6.45, 7) is 0. The highest BCUT2D eigenvalue weighted by atomic mass is 35.5. The fourth-order valence-electron chi connectivity index (χ4n) is 1.62. The molecule has 1 N–H and O–H groups in total. The van der Waals surface area contributed by atoms with Crippen LogP contribution in [-0.2, 0) is 6.42 Å². The van der Waals surface area contributed by atoms with Crippen LogP contribution in [0.2, 0.25) is 5.02 Å². The zero-order valence-electron chi connectivity index (χ0n) is 9.18. The van der Waals surface area contributed by atoms with Crippen molar-refractivity contribution in [2.75, 3.05) is 0 Å². The lowest BCUT2D eigenvalue weighted by Crippen LogP contribution is -2.05. The predicted octanol–water partition coefficient (Wildman–Crippen LogP) is 3.76. The SMILES string of the molecule is ON=C(Cc1ccc(Cl)cc1)c1ccccc1. The Morgan fingerprint density at radius 2 is 1.65 bits per heavy atom. The molecule has 0 unspecified atom stereocenters. The molecule has 0 bridgehead atoms. The first-order valence-electron chi connectivity index (χ1n) is 5.30. The Labute approximate surface area is 105 Å². The minimum atomic E-state index is 0.581. The highest BCUT2D eigenvalue weighted by molar-refractivity contribution is 6.30. The standard InChI is InChI=1S/C14H12ClNO/c15-13-8-6-11(7-9-13)10-14(16-17)12-4-2-1-3-5-12/h1-9,17H,10H2. The van der Waals surface area contributed by atoms with Gasteiger partial charge in [-0.2, -0.15) is 0 Å². The zero-order valence-corrected chi connectivity index (χ0v) is 9.93. The molecule has 86 valence electrons. The third-order valence-corrected chi connectivity index (χ3v) is 2.76. The number of halogens is 1. The molecule has 2 aromatic rings. The fourth-order valence-corrected chi connectivity index (χ4v) is 1.75. The number of benzene rings is 2. The quantitative estimate of drug-likeness (QED) is 0.498. The van der Waals surface area contributed by atoms with Crippen molar-refractivity contribution in [3.05, 3.63) is 70.7 Å². The summed E-state index contributed by atoms with van der Waals surface area (Å²) < 4.78 is 0. The minimum absolute atomic E-state index is 0.581. The van der Waals surface area contributed by atoms with Crippen LogP contribution in [0.25, 0.3) is 0 Å². The average molecular weight is 246 g/mol. The molecular formula is C14H12ClNO. The van der Waals surface area contributed by atoms with E-state index < -0.39 is 0 Å². The van der Waals surface area contributed by atoms with Crippen LogP contribution < -0.4 is 0 Å². The number of oxime groups is 1. The summed E-state index contributed by atoms with van der Waals surface area (Å²) >= 11 is 5.82. The molecule has 0 saturated heterocycles. The minimum Gasteiger partial charge on any atom is -0.411 e. The second-order valence-electron chi connectivity index (χ2n) is 3.72. The van der Waals surface area contributed by atoms with Crippen LogP contribution in [0.1, 0.15) is 11.1 Å². The molecule has 0 aliphatic carbocycles. The van der Waals surface area contributed by atoms with E-state index in [0.717, 1.165) is 11.1 Å². The van der Waals surface area contributed by atoms with Gasteiger partial charge in [0.1, 0.15) is 0 Å². The van der Waals surface area contributed by atoms with Gasteiger partial charge in [0.15, 0.2) is 0 Å². The second kappa shape index (κ2) is 5.51. The summed E-state index contributed by atoms with van der Waals surface area (Å²) in [6.07, 6.45) is 0.581. The fraction of sp³-hybridized carbons (Fsp3) is 0.0714. The van der Waals surface area contributed by atoms with Crippen molar-refractivity contribution < 1.29 is 5.21 Å². The van der Waals surface area contributed by atoms with Crippen LogP contribution in [0.3, 0.4) is 0 Å². The van der Waals surface area contributed by atoms with E-state index in [0.29, 0.717) is 17.2 Å². The van der Waals surface area contributed by atoms with E-state index in [4.69, 9.17) is 16.8 Å². The van der Waals surface area contributed by atoms with Gasteiger partial charge >= 0.3 is 0 Å². The summed E-state index contributed by atoms with van der Waals surface area (Å²) in [6, 6.07) is 17.1. The van der Waals surface area contributed by atoms with Gasteiger partial charge < -0.3 is 5.21 Å². The van der Waals surface area contributed by atoms with E-state index in [9.17, 15) is 0 Å². The molecule has 0 spiro atoms. The van der Waals surface area contributed by atoms with Gasteiger partial charge in [-0.05, 0) is 23.3 Å². The molecule has 17 heavy (non-hydrogen) atoms. The van der Waals surface area contributed by atoms with Crippen LogP contribution in [0.15, 0.2) is 59.8 Å². The topological polar surface area (TPSA) is 32.6 Å². The Hall–Kier alpha value is -1.80. The maximum atomic E-state index is 9.06. The Kier molecular flexibility index (Phi) is 3.78. The molecule has 2 aromatic carbocycles. The van der Waals surface area contributed by atoms with Gasteiger partial charge in [-0.25, -0.2) is 0 Å². The molecule has 2 rings (SSSR count). The van der Waals surface area contributed by atoms with Gasteiger partial charge in [-0.3, -0.25) is 0 Å². The Balaban J connectivity index is 2.19. The molecule has 0 amide bonds. The third kappa shape index (κ3) is 3.08. The van der Waals surface area contributed by atoms with Crippen LogP contribution in [0.4, 0.5) is 0 Å². The van der Waals surface area contributed by atoms with Crippen molar-refractivity contribution in [2.24, 2.45) is 5.16 Å². The zero-order chi connectivity index (χ0) is 12.1. The maximum absolute atomic E-state index is 9.06. The number of hydrogen-bond donors (Lipinski definition) is 1. The average Bonchev–Trinajstić information content (AvgIpc) is 2.39. The molecule has 0 aliphatic heterocycles. The van der Waals surface area contributed by atoms with Crippen LogP contribution >= 0.6 is 11.6 Å². The third-order valence-electron chi connectivity index (χ3n) is 2.51. The van der Waals surface area contributed by atoms with Gasteiger partial charge in [0.25, 0.3) is 0 Å². The van der Waals surface area contributed by atoms with Gasteiger partial charge in [-0.1, -0.05) is 59.2 Å². The van der Waals surface area contributed by atoms with Crippen molar-refractivity contribution in [3.8, 4) is 0 Å². The van der Waals surface area contributed by atoms with Crippen LogP contribution in [-0.4, -0.2) is 10.9 Å². The molecule has 0 aliphatic rings. The molecule has 0 atom stereocenters. The maximum Gasteiger partial charge on any atom is 0.0911 e. The molecule has 3 heteroatoms. The molecule has 0 aromatic heterocycles. The molecule has 0 fully saturated rings. The second-order valence-corrected chi connectivity index (χ2v) is 4.15. The largest absolute Gasteiger partial charge is 0.411 e. The van der Waals surface area contributed by atoms with E-state index in [2.05, 4.69) is 5.16 Å². The Morgan fingerprint density at radius 1 is 1.00 bits per heavy atom. The number of hydrogen-bond acceptors (Lipinski definition) is 2. The summed E-state index contributed by atoms with van der Waals surface area (Å²) in [5.74, 6) is 0. The Bertz CT molecular complexity index is 506. The predicted molar refractivity (Wildman–Crippen MR) is 69.9 cm³/mol. The first kappa shape index (κ1) is 11.7. The lowest BCUT2D eigenvalue weighted by atomic mass is 10.0. The van der Waals surface area contributed by atoms with Gasteiger partial charge in [-0.15, -0.1) is 0 Å². The molecule has 0 saturated carbocycles. The van der Waals surface area contributed by atoms with Crippen LogP contribution in [0, 0.1) is 0 Å². The van der Waals surface area contributed by atoms with E-state index in [1.807, 2.05) is 54.6 Å². The first-order valence-corrected chi connectivity index (χ1v) is 5.68. The molecule has 0 heterocycles. The van der Waals surface area contributed by atoms with Crippen LogP contribution in [0.5, 0.6) is 0 Å². The summed E-state index contributed by atoms with van der Waals surface area (Å²) in [7, 11) is 0. The summed E-state index contributed by atoms with van der Waals surface area (Å²) in [5, 5.41) is 13.1. The smallest absolute Gasteiger partial charge is 0.0911 e. The van der Waals surface area contributed by atoms with Crippen molar-refractivity contribution in [2.45, 2.75) is 6.42 Å². The summed E-state index contributed by atoms with van der Waals surface area (Å²) in [5.41, 5.74) is 2.63. The lowest BCUT2D eigenvalue weighted by Gasteiger charge is -2.04. The van der Waals surface area contributed by atoms with Gasteiger partial charge in [0.05, 0.1) is 5.71 Å². The van der Waals surface area contributed by atoms with Crippen molar-refractivity contribution in [1.82, 2.24) is 0 Å². The molecule has 0 radical (unpaired) electrons. The van der Waals surface area contributed by atoms with E-state index >= 15 is 0 Å². The van der Waals surface area contributed by atoms with Gasteiger partial charge in [0, 0.05) is 11.4 Å². The molecular weight excluding hydrogens is 234 g/mol. The normalized spacial score (nSPS) is 11.5. The highest BCUT2D eigenvalue weighted by Gasteiger charge is 2.05. The van der Waals surface area contributed by atoms with E-state index in [1.165, 1.54) is 0 Å². The van der Waals surface area contributed by atoms with E-state index in [-0.39, 0.29) is 0 Å². The summed E-state index contributed by atoms with van der Waals surface area (Å²) in [4.78, 5) is 0. The molecule has 2 nitrogen and oxygen atoms in total. The number of nitrogens with zero attached hydrogens (tertiary/aromatic N) is 1. The van der Waals surface area contributed by atoms with Gasteiger partial charge in [0.2, 0.25) is 0 Å². The lowest BCUT2D eigenvalue weighted by molar-refractivity contribution is 0.318. The Morgan fingerprint density at radius 3 is 2.24 bits per heavy atom.